The summed E-state index contributed by atoms with van der Waals surface area (Å²) in [6.45, 7) is 0. The third-order valence-corrected chi connectivity index (χ3v) is 5.60. The Morgan fingerprint density at radius 1 is 1.65 bits per heavy atom. The third-order valence-electron chi connectivity index (χ3n) is 4.19. The highest BCUT2D eigenvalue weighted by Crippen LogP contribution is 2.48. The summed E-state index contributed by atoms with van der Waals surface area (Å²) in [7, 11) is 1.67. The van der Waals surface area contributed by atoms with Crippen LogP contribution in [0.2, 0.25) is 0 Å². The number of hydrogen-bond acceptors (Lipinski definition) is 3. The van der Waals surface area contributed by atoms with Crippen LogP contribution in [0.15, 0.2) is 11.5 Å². The lowest BCUT2D eigenvalue weighted by molar-refractivity contribution is -0.130. The van der Waals surface area contributed by atoms with Crippen LogP contribution in [-0.4, -0.2) is 34.6 Å². The molecule has 5 heteroatoms. The van der Waals surface area contributed by atoms with Gasteiger partial charge < -0.3 is 5.32 Å². The van der Waals surface area contributed by atoms with Gasteiger partial charge in [0.25, 0.3) is 0 Å². The molecule has 17 heavy (non-hydrogen) atoms. The summed E-state index contributed by atoms with van der Waals surface area (Å²) in [6, 6.07) is 0. The monoisotopic (exact) mass is 251 g/mol. The topological polar surface area (TPSA) is 56.2 Å². The SMILES string of the molecule is CN1C(=N)N[C@]2(CCCC3C=CSC32)CC1=O. The maximum absolute atomic E-state index is 12.0. The fraction of sp³-hybridized carbons (Fsp3) is 0.667. The first-order valence-electron chi connectivity index (χ1n) is 6.08. The summed E-state index contributed by atoms with van der Waals surface area (Å²) < 4.78 is 0. The van der Waals surface area contributed by atoms with Gasteiger partial charge in [-0.15, -0.1) is 11.8 Å². The predicted octanol–water partition coefficient (Wildman–Crippen LogP) is 1.54. The van der Waals surface area contributed by atoms with Crippen molar-refractivity contribution in [1.82, 2.24) is 10.2 Å². The Morgan fingerprint density at radius 3 is 3.24 bits per heavy atom. The minimum Gasteiger partial charge on any atom is -0.349 e. The molecule has 2 N–H and O–H groups in total. The van der Waals surface area contributed by atoms with E-state index in [2.05, 4.69) is 16.8 Å². The molecule has 4 nitrogen and oxygen atoms in total. The van der Waals surface area contributed by atoms with E-state index in [0.717, 1.165) is 12.8 Å². The van der Waals surface area contributed by atoms with E-state index in [1.165, 1.54) is 11.3 Å². The summed E-state index contributed by atoms with van der Waals surface area (Å²) in [4.78, 5) is 13.4. The van der Waals surface area contributed by atoms with Crippen molar-refractivity contribution in [2.45, 2.75) is 36.5 Å². The Labute approximate surface area is 105 Å². The molecular weight excluding hydrogens is 234 g/mol. The maximum atomic E-state index is 12.0. The van der Waals surface area contributed by atoms with Crippen LogP contribution >= 0.6 is 11.8 Å². The van der Waals surface area contributed by atoms with Gasteiger partial charge in [0, 0.05) is 12.3 Å². The van der Waals surface area contributed by atoms with Crippen LogP contribution in [0.3, 0.4) is 0 Å². The molecule has 0 aromatic carbocycles. The number of rotatable bonds is 0. The van der Waals surface area contributed by atoms with Crippen molar-refractivity contribution in [2.75, 3.05) is 7.05 Å². The molecule has 0 aromatic heterocycles. The number of allylic oxidation sites excluding steroid dienone is 1. The normalized spacial score (nSPS) is 40.6. The average molecular weight is 251 g/mol. The molecule has 1 aliphatic carbocycles. The number of carbonyl (C=O) groups excluding carboxylic acids is 1. The van der Waals surface area contributed by atoms with Crippen molar-refractivity contribution in [2.24, 2.45) is 5.92 Å². The lowest BCUT2D eigenvalue weighted by Crippen LogP contribution is -2.67. The Morgan fingerprint density at radius 2 is 2.47 bits per heavy atom. The highest BCUT2D eigenvalue weighted by molar-refractivity contribution is 8.03. The van der Waals surface area contributed by atoms with Crippen LogP contribution < -0.4 is 5.32 Å². The number of amides is 1. The van der Waals surface area contributed by atoms with Crippen LogP contribution in [0.4, 0.5) is 0 Å². The Kier molecular flexibility index (Phi) is 2.47. The number of nitrogens with zero attached hydrogens (tertiary/aromatic N) is 1. The van der Waals surface area contributed by atoms with Crippen LogP contribution in [0.25, 0.3) is 0 Å². The zero-order valence-corrected chi connectivity index (χ0v) is 10.7. The van der Waals surface area contributed by atoms with Crippen LogP contribution in [0.5, 0.6) is 0 Å². The standard InChI is InChI=1S/C12H17N3OS/c1-15-9(16)7-12(14-11(15)13)5-2-3-8-4-6-17-10(8)12/h4,6,8,10H,2-3,5,7H2,1H3,(H2,13,14)/t8?,10?,12-/m1/s1. The van der Waals surface area contributed by atoms with E-state index < -0.39 is 0 Å². The van der Waals surface area contributed by atoms with Crippen molar-refractivity contribution in [3.05, 3.63) is 11.5 Å². The Bertz CT molecular complexity index is 389. The molecule has 2 fully saturated rings. The first-order valence-corrected chi connectivity index (χ1v) is 7.02. The second kappa shape index (κ2) is 3.77. The second-order valence-electron chi connectivity index (χ2n) is 5.20. The molecule has 0 bridgehead atoms. The number of hydrogen-bond donors (Lipinski definition) is 2. The maximum Gasteiger partial charge on any atom is 0.231 e. The summed E-state index contributed by atoms with van der Waals surface area (Å²) in [5.41, 5.74) is -0.183. The third kappa shape index (κ3) is 1.59. The fourth-order valence-electron chi connectivity index (χ4n) is 3.22. The van der Waals surface area contributed by atoms with E-state index in [1.807, 2.05) is 11.8 Å². The molecule has 3 atom stereocenters. The lowest BCUT2D eigenvalue weighted by atomic mass is 9.72. The molecule has 2 aliphatic heterocycles. The number of guanidine groups is 1. The van der Waals surface area contributed by atoms with Gasteiger partial charge in [-0.05, 0) is 24.2 Å². The first-order chi connectivity index (χ1) is 8.12. The van der Waals surface area contributed by atoms with Crippen LogP contribution in [0, 0.1) is 11.3 Å². The van der Waals surface area contributed by atoms with E-state index in [-0.39, 0.29) is 17.4 Å². The number of thioether (sulfide) groups is 1. The summed E-state index contributed by atoms with van der Waals surface area (Å²) >= 11 is 1.83. The van der Waals surface area contributed by atoms with Gasteiger partial charge in [0.2, 0.25) is 5.91 Å². The van der Waals surface area contributed by atoms with Gasteiger partial charge in [0.1, 0.15) is 0 Å². The molecule has 2 heterocycles. The Balaban J connectivity index is 1.90. The van der Waals surface area contributed by atoms with Gasteiger partial charge in [-0.25, -0.2) is 0 Å². The summed E-state index contributed by atoms with van der Waals surface area (Å²) in [6.07, 6.45) is 6.16. The highest BCUT2D eigenvalue weighted by atomic mass is 32.2. The van der Waals surface area contributed by atoms with E-state index in [1.54, 1.807) is 7.05 Å². The molecule has 92 valence electrons. The molecule has 1 saturated heterocycles. The minimum absolute atomic E-state index is 0.0712. The molecule has 1 spiro atoms. The molecule has 1 saturated carbocycles. The van der Waals surface area contributed by atoms with Crippen molar-refractivity contribution in [3.8, 4) is 0 Å². The minimum atomic E-state index is -0.183. The second-order valence-corrected chi connectivity index (χ2v) is 6.25. The highest BCUT2D eigenvalue weighted by Gasteiger charge is 2.51. The lowest BCUT2D eigenvalue weighted by Gasteiger charge is -2.49. The van der Waals surface area contributed by atoms with Gasteiger partial charge in [0.15, 0.2) is 5.96 Å². The molecule has 0 radical (unpaired) electrons. The van der Waals surface area contributed by atoms with Crippen LogP contribution in [0.1, 0.15) is 25.7 Å². The molecule has 1 amide bonds. The number of nitrogens with one attached hydrogen (secondary N) is 2. The van der Waals surface area contributed by atoms with Gasteiger partial charge in [-0.2, -0.15) is 0 Å². The van der Waals surface area contributed by atoms with Crippen LogP contribution in [-0.2, 0) is 4.79 Å². The van der Waals surface area contributed by atoms with Crippen molar-refractivity contribution >= 4 is 23.6 Å². The fourth-order valence-corrected chi connectivity index (χ4v) is 4.63. The Hall–Kier alpha value is -0.970. The van der Waals surface area contributed by atoms with Gasteiger partial charge in [0.05, 0.1) is 12.0 Å². The van der Waals surface area contributed by atoms with Gasteiger partial charge in [-0.3, -0.25) is 15.1 Å². The largest absolute Gasteiger partial charge is 0.349 e. The van der Waals surface area contributed by atoms with Crippen molar-refractivity contribution < 1.29 is 4.79 Å². The predicted molar refractivity (Wildman–Crippen MR) is 68.8 cm³/mol. The molecule has 0 aromatic rings. The number of fused-ring (bicyclic) bond motifs is 2. The van der Waals surface area contributed by atoms with Crippen molar-refractivity contribution in [1.29, 1.82) is 5.41 Å². The van der Waals surface area contributed by atoms with Crippen molar-refractivity contribution in [3.63, 3.8) is 0 Å². The summed E-state index contributed by atoms with van der Waals surface area (Å²) in [5.74, 6) is 0.904. The number of carbonyl (C=O) groups is 1. The molecular formula is C12H17N3OS. The molecule has 2 unspecified atom stereocenters. The zero-order chi connectivity index (χ0) is 12.0. The van der Waals surface area contributed by atoms with E-state index in [4.69, 9.17) is 5.41 Å². The van der Waals surface area contributed by atoms with E-state index >= 15 is 0 Å². The quantitative estimate of drug-likeness (QED) is 0.686. The first kappa shape index (κ1) is 11.1. The van der Waals surface area contributed by atoms with E-state index in [0.29, 0.717) is 17.6 Å². The van der Waals surface area contributed by atoms with Gasteiger partial charge >= 0.3 is 0 Å². The molecule has 3 aliphatic rings. The van der Waals surface area contributed by atoms with Gasteiger partial charge in [-0.1, -0.05) is 12.5 Å². The summed E-state index contributed by atoms with van der Waals surface area (Å²) in [5, 5.41) is 13.8. The molecule has 3 rings (SSSR count). The zero-order valence-electron chi connectivity index (χ0n) is 9.90. The average Bonchev–Trinajstić information content (AvgIpc) is 2.76. The smallest absolute Gasteiger partial charge is 0.231 e. The van der Waals surface area contributed by atoms with E-state index in [9.17, 15) is 4.79 Å².